The molecule has 0 aromatic heterocycles. The number of carbonyl (C=O) groups is 1. The molecule has 1 aliphatic rings. The van der Waals surface area contributed by atoms with Gasteiger partial charge in [-0.25, -0.2) is 5.48 Å². The number of hydroxylamine groups is 1. The second-order valence-electron chi connectivity index (χ2n) is 3.59. The molecular weight excluding hydrogens is 168 g/mol. The summed E-state index contributed by atoms with van der Waals surface area (Å²) in [5.74, 6) is -0.214. The van der Waals surface area contributed by atoms with E-state index in [4.69, 9.17) is 5.21 Å². The minimum atomic E-state index is -0.226. The van der Waals surface area contributed by atoms with Crippen molar-refractivity contribution < 1.29 is 10.0 Å². The van der Waals surface area contributed by atoms with Crippen LogP contribution in [0.15, 0.2) is 0 Å². The lowest BCUT2D eigenvalue weighted by molar-refractivity contribution is -0.134. The van der Waals surface area contributed by atoms with Crippen LogP contribution in [0.4, 0.5) is 0 Å². The summed E-state index contributed by atoms with van der Waals surface area (Å²) in [7, 11) is 0. The van der Waals surface area contributed by atoms with Gasteiger partial charge in [0.25, 0.3) is 0 Å². The van der Waals surface area contributed by atoms with E-state index >= 15 is 0 Å². The van der Waals surface area contributed by atoms with Gasteiger partial charge in [0.2, 0.25) is 5.91 Å². The lowest BCUT2D eigenvalue weighted by Crippen LogP contribution is -2.39. The van der Waals surface area contributed by atoms with Gasteiger partial charge >= 0.3 is 0 Å². The van der Waals surface area contributed by atoms with Gasteiger partial charge in [-0.1, -0.05) is 6.92 Å². The van der Waals surface area contributed by atoms with Gasteiger partial charge in [-0.15, -0.1) is 0 Å². The summed E-state index contributed by atoms with van der Waals surface area (Å²) >= 11 is 0. The van der Waals surface area contributed by atoms with E-state index in [1.165, 1.54) is 0 Å². The maximum absolute atomic E-state index is 11.1. The summed E-state index contributed by atoms with van der Waals surface area (Å²) in [6, 6.07) is 0. The third kappa shape index (κ3) is 2.97. The van der Waals surface area contributed by atoms with E-state index in [1.807, 2.05) is 0 Å². The van der Waals surface area contributed by atoms with E-state index in [0.717, 1.165) is 38.9 Å². The molecule has 1 saturated heterocycles. The van der Waals surface area contributed by atoms with Crippen LogP contribution < -0.4 is 5.48 Å². The van der Waals surface area contributed by atoms with Gasteiger partial charge in [0.1, 0.15) is 0 Å². The Morgan fingerprint density at radius 2 is 2.15 bits per heavy atom. The molecule has 4 heteroatoms. The lowest BCUT2D eigenvalue weighted by atomic mass is 9.96. The Kier molecular flexibility index (Phi) is 4.18. The third-order valence-corrected chi connectivity index (χ3v) is 2.61. The van der Waals surface area contributed by atoms with Crippen LogP contribution in [0.3, 0.4) is 0 Å². The first kappa shape index (κ1) is 10.5. The summed E-state index contributed by atoms with van der Waals surface area (Å²) in [5.41, 5.74) is 1.72. The molecular formula is C9H18N2O2. The van der Waals surface area contributed by atoms with Crippen LogP contribution in [0, 0.1) is 5.92 Å². The van der Waals surface area contributed by atoms with Gasteiger partial charge in [-0.3, -0.25) is 10.0 Å². The zero-order valence-electron chi connectivity index (χ0n) is 8.12. The number of carbonyl (C=O) groups excluding carboxylic acids is 1. The fraction of sp³-hybridized carbons (Fsp3) is 0.889. The Labute approximate surface area is 78.9 Å². The summed E-state index contributed by atoms with van der Waals surface area (Å²) in [4.78, 5) is 13.4. The normalized spacial score (nSPS) is 20.2. The Morgan fingerprint density at radius 3 is 2.62 bits per heavy atom. The van der Waals surface area contributed by atoms with E-state index in [2.05, 4.69) is 11.8 Å². The molecule has 0 saturated carbocycles. The number of hydrogen-bond acceptors (Lipinski definition) is 3. The van der Waals surface area contributed by atoms with Gasteiger partial charge in [0.15, 0.2) is 0 Å². The number of likely N-dealkylation sites (tertiary alicyclic amines) is 1. The van der Waals surface area contributed by atoms with Gasteiger partial charge in [-0.2, -0.15) is 0 Å². The van der Waals surface area contributed by atoms with E-state index in [-0.39, 0.29) is 11.8 Å². The second kappa shape index (κ2) is 5.19. The molecule has 1 aliphatic heterocycles. The van der Waals surface area contributed by atoms with Crippen molar-refractivity contribution in [3.63, 3.8) is 0 Å². The molecule has 76 valence electrons. The highest BCUT2D eigenvalue weighted by Crippen LogP contribution is 2.16. The molecule has 0 radical (unpaired) electrons. The van der Waals surface area contributed by atoms with Gasteiger partial charge < -0.3 is 4.90 Å². The highest BCUT2D eigenvalue weighted by atomic mass is 16.5. The highest BCUT2D eigenvalue weighted by molar-refractivity contribution is 5.77. The molecule has 0 aromatic rings. The first-order valence-corrected chi connectivity index (χ1v) is 4.94. The number of piperidine rings is 1. The number of nitrogens with one attached hydrogen (secondary N) is 1. The molecule has 0 aliphatic carbocycles. The highest BCUT2D eigenvalue weighted by Gasteiger charge is 2.23. The fourth-order valence-electron chi connectivity index (χ4n) is 1.83. The van der Waals surface area contributed by atoms with E-state index in [0.29, 0.717) is 0 Å². The van der Waals surface area contributed by atoms with E-state index in [9.17, 15) is 4.79 Å². The van der Waals surface area contributed by atoms with Crippen LogP contribution in [0.2, 0.25) is 0 Å². The van der Waals surface area contributed by atoms with Crippen molar-refractivity contribution in [2.24, 2.45) is 5.92 Å². The zero-order valence-corrected chi connectivity index (χ0v) is 8.12. The van der Waals surface area contributed by atoms with Crippen LogP contribution in [0.1, 0.15) is 26.2 Å². The van der Waals surface area contributed by atoms with Crippen molar-refractivity contribution in [3.05, 3.63) is 0 Å². The first-order valence-electron chi connectivity index (χ1n) is 4.94. The average molecular weight is 186 g/mol. The van der Waals surface area contributed by atoms with Gasteiger partial charge in [0, 0.05) is 5.92 Å². The molecule has 0 spiro atoms. The Bertz CT molecular complexity index is 165. The van der Waals surface area contributed by atoms with Crippen molar-refractivity contribution in [1.82, 2.24) is 10.4 Å². The molecule has 0 unspecified atom stereocenters. The Balaban J connectivity index is 2.26. The van der Waals surface area contributed by atoms with E-state index < -0.39 is 0 Å². The van der Waals surface area contributed by atoms with Crippen LogP contribution in [-0.4, -0.2) is 35.6 Å². The van der Waals surface area contributed by atoms with Crippen molar-refractivity contribution in [3.8, 4) is 0 Å². The van der Waals surface area contributed by atoms with Gasteiger partial charge in [-0.05, 0) is 38.9 Å². The minimum Gasteiger partial charge on any atom is -0.303 e. The topological polar surface area (TPSA) is 52.6 Å². The van der Waals surface area contributed by atoms with Gasteiger partial charge in [0.05, 0.1) is 0 Å². The Hall–Kier alpha value is -0.610. The molecule has 2 N–H and O–H groups in total. The molecule has 1 amide bonds. The summed E-state index contributed by atoms with van der Waals surface area (Å²) in [6.07, 6.45) is 2.90. The molecule has 0 atom stereocenters. The molecule has 1 heterocycles. The number of nitrogens with zero attached hydrogens (tertiary/aromatic N) is 1. The fourth-order valence-corrected chi connectivity index (χ4v) is 1.83. The zero-order chi connectivity index (χ0) is 9.68. The van der Waals surface area contributed by atoms with E-state index in [1.54, 1.807) is 5.48 Å². The van der Waals surface area contributed by atoms with Crippen molar-refractivity contribution in [2.45, 2.75) is 26.2 Å². The molecule has 1 fully saturated rings. The van der Waals surface area contributed by atoms with Crippen molar-refractivity contribution in [1.29, 1.82) is 0 Å². The minimum absolute atomic E-state index is 0.0121. The van der Waals surface area contributed by atoms with Crippen molar-refractivity contribution >= 4 is 5.91 Å². The summed E-state index contributed by atoms with van der Waals surface area (Å²) < 4.78 is 0. The monoisotopic (exact) mass is 186 g/mol. The maximum Gasteiger partial charge on any atom is 0.246 e. The average Bonchev–Trinajstić information content (AvgIpc) is 2.18. The quantitative estimate of drug-likeness (QED) is 0.501. The molecule has 0 bridgehead atoms. The predicted molar refractivity (Wildman–Crippen MR) is 49.4 cm³/mol. The molecule has 13 heavy (non-hydrogen) atoms. The first-order chi connectivity index (χ1) is 6.27. The van der Waals surface area contributed by atoms with Crippen LogP contribution in [0.25, 0.3) is 0 Å². The Morgan fingerprint density at radius 1 is 1.54 bits per heavy atom. The number of amides is 1. The summed E-state index contributed by atoms with van der Waals surface area (Å²) in [5, 5.41) is 8.44. The second-order valence-corrected chi connectivity index (χ2v) is 3.59. The molecule has 1 rings (SSSR count). The van der Waals surface area contributed by atoms with Crippen LogP contribution >= 0.6 is 0 Å². The predicted octanol–water partition coefficient (Wildman–Crippen LogP) is 0.614. The number of hydrogen-bond donors (Lipinski definition) is 2. The van der Waals surface area contributed by atoms with Crippen LogP contribution in [0.5, 0.6) is 0 Å². The number of rotatable bonds is 3. The third-order valence-electron chi connectivity index (χ3n) is 2.61. The van der Waals surface area contributed by atoms with Crippen LogP contribution in [-0.2, 0) is 4.79 Å². The summed E-state index contributed by atoms with van der Waals surface area (Å²) in [6.45, 7) is 5.23. The molecule has 0 aromatic carbocycles. The largest absolute Gasteiger partial charge is 0.303 e. The lowest BCUT2D eigenvalue weighted by Gasteiger charge is -2.30. The standard InChI is InChI=1S/C9H18N2O2/c1-2-5-11-6-3-8(4-7-11)9(12)10-13/h8,13H,2-7H2,1H3,(H,10,12). The molecule has 4 nitrogen and oxygen atoms in total. The maximum atomic E-state index is 11.1. The van der Waals surface area contributed by atoms with Crippen molar-refractivity contribution in [2.75, 3.05) is 19.6 Å². The smallest absolute Gasteiger partial charge is 0.246 e. The SMILES string of the molecule is CCCN1CCC(C(=O)NO)CC1.